The Hall–Kier alpha value is -1.42. The molecule has 0 spiro atoms. The summed E-state index contributed by atoms with van der Waals surface area (Å²) < 4.78 is 5.99. The van der Waals surface area contributed by atoms with Gasteiger partial charge in [-0.15, -0.1) is 0 Å². The Morgan fingerprint density at radius 2 is 2.16 bits per heavy atom. The number of ether oxygens (including phenoxy) is 1. The first-order valence-corrected chi connectivity index (χ1v) is 6.93. The van der Waals surface area contributed by atoms with Crippen LogP contribution in [0.5, 0.6) is 5.75 Å². The molecular formula is C14H19ClN2O2. The lowest BCUT2D eigenvalue weighted by atomic mass is 9.88. The summed E-state index contributed by atoms with van der Waals surface area (Å²) in [4.78, 5) is 0. The van der Waals surface area contributed by atoms with Crippen molar-refractivity contribution in [2.24, 2.45) is 16.8 Å². The van der Waals surface area contributed by atoms with Crippen LogP contribution in [-0.4, -0.2) is 17.1 Å². The number of rotatable bonds is 3. The van der Waals surface area contributed by atoms with Crippen molar-refractivity contribution < 1.29 is 9.94 Å². The second-order valence-electron chi connectivity index (χ2n) is 5.04. The lowest BCUT2D eigenvalue weighted by Crippen LogP contribution is -2.28. The van der Waals surface area contributed by atoms with Gasteiger partial charge in [-0.1, -0.05) is 30.1 Å². The molecule has 2 rings (SSSR count). The van der Waals surface area contributed by atoms with E-state index in [0.29, 0.717) is 16.5 Å². The third kappa shape index (κ3) is 3.32. The van der Waals surface area contributed by atoms with Gasteiger partial charge < -0.3 is 15.7 Å². The van der Waals surface area contributed by atoms with E-state index < -0.39 is 0 Å². The highest BCUT2D eigenvalue weighted by atomic mass is 35.5. The number of benzene rings is 1. The van der Waals surface area contributed by atoms with Crippen molar-refractivity contribution in [2.75, 3.05) is 0 Å². The summed E-state index contributed by atoms with van der Waals surface area (Å²) in [7, 11) is 0. The van der Waals surface area contributed by atoms with Crippen molar-refractivity contribution in [1.82, 2.24) is 0 Å². The first-order chi connectivity index (χ1) is 9.11. The molecule has 2 unspecified atom stereocenters. The van der Waals surface area contributed by atoms with Gasteiger partial charge in [0.05, 0.1) is 5.02 Å². The SMILES string of the molecule is CC1CCCCC1Oc1ccc(/C(N)=N/O)c(Cl)c1. The van der Waals surface area contributed by atoms with E-state index in [9.17, 15) is 0 Å². The van der Waals surface area contributed by atoms with Crippen LogP contribution in [0.3, 0.4) is 0 Å². The van der Waals surface area contributed by atoms with Gasteiger partial charge >= 0.3 is 0 Å². The quantitative estimate of drug-likeness (QED) is 0.386. The topological polar surface area (TPSA) is 67.8 Å². The number of oxime groups is 1. The molecule has 0 aromatic heterocycles. The van der Waals surface area contributed by atoms with Crippen molar-refractivity contribution in [3.05, 3.63) is 28.8 Å². The number of hydrogen-bond acceptors (Lipinski definition) is 3. The molecule has 0 heterocycles. The van der Waals surface area contributed by atoms with Gasteiger partial charge in [0.15, 0.2) is 5.84 Å². The van der Waals surface area contributed by atoms with E-state index >= 15 is 0 Å². The molecule has 0 amide bonds. The lowest BCUT2D eigenvalue weighted by Gasteiger charge is -2.29. The summed E-state index contributed by atoms with van der Waals surface area (Å²) in [5, 5.41) is 12.0. The third-order valence-electron chi connectivity index (χ3n) is 3.64. The van der Waals surface area contributed by atoms with Gasteiger partial charge in [-0.25, -0.2) is 0 Å². The van der Waals surface area contributed by atoms with Gasteiger partial charge in [-0.2, -0.15) is 0 Å². The summed E-state index contributed by atoms with van der Waals surface area (Å²) in [6.07, 6.45) is 5.04. The molecule has 3 N–H and O–H groups in total. The van der Waals surface area contributed by atoms with E-state index in [1.54, 1.807) is 18.2 Å². The van der Waals surface area contributed by atoms with Crippen LogP contribution >= 0.6 is 11.6 Å². The molecule has 0 bridgehead atoms. The molecule has 1 aliphatic rings. The predicted octanol–water partition coefficient (Wildman–Crippen LogP) is 3.39. The van der Waals surface area contributed by atoms with Gasteiger partial charge in [-0.3, -0.25) is 0 Å². The average Bonchev–Trinajstić information content (AvgIpc) is 2.41. The molecule has 4 nitrogen and oxygen atoms in total. The average molecular weight is 283 g/mol. The predicted molar refractivity (Wildman–Crippen MR) is 76.0 cm³/mol. The third-order valence-corrected chi connectivity index (χ3v) is 3.96. The number of hydrogen-bond donors (Lipinski definition) is 2. The van der Waals surface area contributed by atoms with Gasteiger partial charge in [0, 0.05) is 5.56 Å². The standard InChI is InChI=1S/C14H19ClN2O2/c1-9-4-2-3-5-13(9)19-10-6-7-11(12(15)8-10)14(16)17-18/h6-9,13,18H,2-5H2,1H3,(H2,16,17). The van der Waals surface area contributed by atoms with Crippen molar-refractivity contribution in [2.45, 2.75) is 38.7 Å². The molecule has 1 aromatic rings. The van der Waals surface area contributed by atoms with Crippen LogP contribution in [0, 0.1) is 5.92 Å². The van der Waals surface area contributed by atoms with Crippen molar-refractivity contribution in [1.29, 1.82) is 0 Å². The summed E-state index contributed by atoms with van der Waals surface area (Å²) in [6, 6.07) is 5.23. The molecule has 1 fully saturated rings. The molecule has 1 saturated carbocycles. The Balaban J connectivity index is 2.11. The maximum absolute atomic E-state index is 8.65. The van der Waals surface area contributed by atoms with Crippen LogP contribution < -0.4 is 10.5 Å². The Kier molecular flexibility index (Phi) is 4.53. The Labute approximate surface area is 118 Å². The minimum atomic E-state index is 0.00239. The summed E-state index contributed by atoms with van der Waals surface area (Å²) in [6.45, 7) is 2.22. The normalized spacial score (nSPS) is 24.2. The highest BCUT2D eigenvalue weighted by molar-refractivity contribution is 6.34. The first kappa shape index (κ1) is 14.0. The Morgan fingerprint density at radius 3 is 2.79 bits per heavy atom. The van der Waals surface area contributed by atoms with Crippen molar-refractivity contribution >= 4 is 17.4 Å². The van der Waals surface area contributed by atoms with Crippen LogP contribution in [0.4, 0.5) is 0 Å². The zero-order chi connectivity index (χ0) is 13.8. The summed E-state index contributed by atoms with van der Waals surface area (Å²) >= 11 is 6.11. The number of amidine groups is 1. The fraction of sp³-hybridized carbons (Fsp3) is 0.500. The number of halogens is 1. The molecule has 104 valence electrons. The van der Waals surface area contributed by atoms with E-state index in [-0.39, 0.29) is 11.9 Å². The second kappa shape index (κ2) is 6.15. The molecule has 2 atom stereocenters. The zero-order valence-corrected chi connectivity index (χ0v) is 11.7. The fourth-order valence-electron chi connectivity index (χ4n) is 2.46. The van der Waals surface area contributed by atoms with E-state index in [4.69, 9.17) is 27.3 Å². The summed E-state index contributed by atoms with van der Waals surface area (Å²) in [5.41, 5.74) is 6.03. The van der Waals surface area contributed by atoms with Crippen LogP contribution in [0.2, 0.25) is 5.02 Å². The van der Waals surface area contributed by atoms with Crippen LogP contribution in [-0.2, 0) is 0 Å². The molecule has 0 saturated heterocycles. The van der Waals surface area contributed by atoms with E-state index in [1.807, 2.05) is 0 Å². The monoisotopic (exact) mass is 282 g/mol. The van der Waals surface area contributed by atoms with Gasteiger partial charge in [-0.05, 0) is 43.4 Å². The smallest absolute Gasteiger partial charge is 0.171 e. The Morgan fingerprint density at radius 1 is 1.42 bits per heavy atom. The van der Waals surface area contributed by atoms with Crippen LogP contribution in [0.1, 0.15) is 38.2 Å². The molecule has 5 heteroatoms. The minimum Gasteiger partial charge on any atom is -0.490 e. The van der Waals surface area contributed by atoms with E-state index in [1.165, 1.54) is 19.3 Å². The van der Waals surface area contributed by atoms with Gasteiger partial charge in [0.25, 0.3) is 0 Å². The second-order valence-corrected chi connectivity index (χ2v) is 5.45. The molecule has 1 aliphatic carbocycles. The van der Waals surface area contributed by atoms with E-state index in [0.717, 1.165) is 12.2 Å². The molecule has 0 radical (unpaired) electrons. The van der Waals surface area contributed by atoms with Crippen LogP contribution in [0.15, 0.2) is 23.4 Å². The Bertz CT molecular complexity index is 477. The highest BCUT2D eigenvalue weighted by Crippen LogP contribution is 2.30. The zero-order valence-electron chi connectivity index (χ0n) is 11.0. The van der Waals surface area contributed by atoms with Crippen molar-refractivity contribution in [3.8, 4) is 5.75 Å². The number of nitrogens with two attached hydrogens (primary N) is 1. The maximum Gasteiger partial charge on any atom is 0.171 e. The van der Waals surface area contributed by atoms with Crippen LogP contribution in [0.25, 0.3) is 0 Å². The van der Waals surface area contributed by atoms with Gasteiger partial charge in [0.2, 0.25) is 0 Å². The molecule has 0 aliphatic heterocycles. The molecule has 1 aromatic carbocycles. The van der Waals surface area contributed by atoms with Gasteiger partial charge in [0.1, 0.15) is 11.9 Å². The molecule has 19 heavy (non-hydrogen) atoms. The highest BCUT2D eigenvalue weighted by Gasteiger charge is 2.23. The minimum absolute atomic E-state index is 0.00239. The maximum atomic E-state index is 8.65. The van der Waals surface area contributed by atoms with Crippen molar-refractivity contribution in [3.63, 3.8) is 0 Å². The molecular weight excluding hydrogens is 264 g/mol. The lowest BCUT2D eigenvalue weighted by molar-refractivity contribution is 0.102. The summed E-state index contributed by atoms with van der Waals surface area (Å²) in [5.74, 6) is 1.30. The number of nitrogens with zero attached hydrogens (tertiary/aromatic N) is 1. The fourth-order valence-corrected chi connectivity index (χ4v) is 2.73. The largest absolute Gasteiger partial charge is 0.490 e. The first-order valence-electron chi connectivity index (χ1n) is 6.56. The van der Waals surface area contributed by atoms with E-state index in [2.05, 4.69) is 12.1 Å².